The molecule has 5 nitrogen and oxygen atoms in total. The lowest BCUT2D eigenvalue weighted by Crippen LogP contribution is -2.24. The van der Waals surface area contributed by atoms with Crippen LogP contribution < -0.4 is 5.32 Å². The maximum Gasteiger partial charge on any atom is 0.242 e. The van der Waals surface area contributed by atoms with Gasteiger partial charge >= 0.3 is 0 Å². The molecule has 0 heterocycles. The number of nitrogens with one attached hydrogen (secondary N) is 1. The lowest BCUT2D eigenvalue weighted by molar-refractivity contribution is -0.115. The van der Waals surface area contributed by atoms with Crippen LogP contribution in [0.3, 0.4) is 0 Å². The van der Waals surface area contributed by atoms with E-state index in [0.29, 0.717) is 5.69 Å². The van der Waals surface area contributed by atoms with Crippen molar-refractivity contribution in [2.45, 2.75) is 28.9 Å². The van der Waals surface area contributed by atoms with Gasteiger partial charge in [-0.2, -0.15) is 0 Å². The Morgan fingerprint density at radius 1 is 1.12 bits per heavy atom. The zero-order valence-electron chi connectivity index (χ0n) is 14.7. The van der Waals surface area contributed by atoms with E-state index >= 15 is 0 Å². The van der Waals surface area contributed by atoms with Crippen molar-refractivity contribution in [3.63, 3.8) is 0 Å². The van der Waals surface area contributed by atoms with Gasteiger partial charge in [0.05, 0.1) is 10.1 Å². The number of amides is 1. The van der Waals surface area contributed by atoms with E-state index in [1.807, 2.05) is 38.1 Å². The fraction of sp³-hybridized carbons (Fsp3) is 0.278. The molecule has 0 bridgehead atoms. The van der Waals surface area contributed by atoms with Gasteiger partial charge in [-0.3, -0.25) is 4.79 Å². The van der Waals surface area contributed by atoms with Gasteiger partial charge in [-0.1, -0.05) is 24.3 Å². The number of rotatable bonds is 6. The van der Waals surface area contributed by atoms with Crippen LogP contribution in [0.4, 0.5) is 5.69 Å². The van der Waals surface area contributed by atoms with Gasteiger partial charge in [0, 0.05) is 24.7 Å². The van der Waals surface area contributed by atoms with E-state index in [1.165, 1.54) is 38.0 Å². The average Bonchev–Trinajstić information content (AvgIpc) is 2.57. The number of hydrogen-bond donors (Lipinski definition) is 1. The van der Waals surface area contributed by atoms with Crippen LogP contribution in [0, 0.1) is 6.92 Å². The maximum atomic E-state index is 12.4. The minimum atomic E-state index is -3.53. The number of aryl methyl sites for hydroxylation is 1. The molecule has 134 valence electrons. The Morgan fingerprint density at radius 3 is 2.44 bits per heavy atom. The molecule has 0 saturated carbocycles. The molecule has 0 radical (unpaired) electrons. The lowest BCUT2D eigenvalue weighted by atomic mass is 10.2. The third-order valence-electron chi connectivity index (χ3n) is 3.65. The predicted molar refractivity (Wildman–Crippen MR) is 102 cm³/mol. The molecular formula is C18H22N2O3S2. The highest BCUT2D eigenvalue weighted by Crippen LogP contribution is 2.27. The zero-order valence-corrected chi connectivity index (χ0v) is 16.3. The number of sulfonamides is 1. The summed E-state index contributed by atoms with van der Waals surface area (Å²) in [4.78, 5) is 13.6. The van der Waals surface area contributed by atoms with Crippen molar-refractivity contribution in [2.75, 3.05) is 19.4 Å². The molecule has 0 aliphatic carbocycles. The predicted octanol–water partition coefficient (Wildman–Crippen LogP) is 3.36. The number of nitrogens with zero attached hydrogens (tertiary/aromatic N) is 1. The second-order valence-corrected chi connectivity index (χ2v) is 9.36. The van der Waals surface area contributed by atoms with Crippen molar-refractivity contribution in [3.8, 4) is 0 Å². The largest absolute Gasteiger partial charge is 0.325 e. The summed E-state index contributed by atoms with van der Waals surface area (Å²) in [6, 6.07) is 14.2. The van der Waals surface area contributed by atoms with Gasteiger partial charge in [-0.25, -0.2) is 12.7 Å². The van der Waals surface area contributed by atoms with E-state index in [1.54, 1.807) is 12.1 Å². The molecule has 2 rings (SSSR count). The number of benzene rings is 2. The monoisotopic (exact) mass is 378 g/mol. The first kappa shape index (κ1) is 19.5. The van der Waals surface area contributed by atoms with Gasteiger partial charge in [-0.05, 0) is 43.7 Å². The topological polar surface area (TPSA) is 66.5 Å². The Bertz CT molecular complexity index is 864. The van der Waals surface area contributed by atoms with Gasteiger partial charge in [0.15, 0.2) is 0 Å². The maximum absolute atomic E-state index is 12.4. The fourth-order valence-electron chi connectivity index (χ4n) is 2.12. The average molecular weight is 379 g/mol. The molecule has 0 spiro atoms. The summed E-state index contributed by atoms with van der Waals surface area (Å²) < 4.78 is 25.5. The van der Waals surface area contributed by atoms with E-state index in [-0.39, 0.29) is 16.1 Å². The van der Waals surface area contributed by atoms with Gasteiger partial charge < -0.3 is 5.32 Å². The molecule has 0 aliphatic rings. The Balaban J connectivity index is 2.12. The number of carbonyl (C=O) groups is 1. The van der Waals surface area contributed by atoms with Crippen LogP contribution >= 0.6 is 11.8 Å². The molecule has 1 amide bonds. The van der Waals surface area contributed by atoms with Crippen LogP contribution in [0.1, 0.15) is 12.5 Å². The van der Waals surface area contributed by atoms with Gasteiger partial charge in [0.25, 0.3) is 0 Å². The molecule has 2 aromatic rings. The smallest absolute Gasteiger partial charge is 0.242 e. The first-order valence-electron chi connectivity index (χ1n) is 7.77. The summed E-state index contributed by atoms with van der Waals surface area (Å²) in [6.45, 7) is 3.83. The SMILES string of the molecule is Cc1ccccc1SC(C)C(=O)Nc1cccc(S(=O)(=O)N(C)C)c1. The van der Waals surface area contributed by atoms with Crippen LogP contribution in [0.15, 0.2) is 58.3 Å². The highest BCUT2D eigenvalue weighted by atomic mass is 32.2. The van der Waals surface area contributed by atoms with Gasteiger partial charge in [-0.15, -0.1) is 11.8 Å². The number of anilines is 1. The van der Waals surface area contributed by atoms with Crippen LogP contribution in [-0.2, 0) is 14.8 Å². The van der Waals surface area contributed by atoms with Crippen molar-refractivity contribution in [1.29, 1.82) is 0 Å². The third kappa shape index (κ3) is 4.84. The van der Waals surface area contributed by atoms with Crippen molar-refractivity contribution in [3.05, 3.63) is 54.1 Å². The normalized spacial score (nSPS) is 12.8. The minimum absolute atomic E-state index is 0.148. The standard InChI is InChI=1S/C18H22N2O3S2/c1-13-8-5-6-11-17(13)24-14(2)18(21)19-15-9-7-10-16(12-15)25(22,23)20(3)4/h5-12,14H,1-4H3,(H,19,21). The van der Waals surface area contributed by atoms with Gasteiger partial charge in [0.1, 0.15) is 0 Å². The van der Waals surface area contributed by atoms with E-state index < -0.39 is 10.0 Å². The molecule has 2 aromatic carbocycles. The second-order valence-electron chi connectivity index (χ2n) is 5.83. The van der Waals surface area contributed by atoms with Crippen LogP contribution in [0.5, 0.6) is 0 Å². The number of carbonyl (C=O) groups excluding carboxylic acids is 1. The summed E-state index contributed by atoms with van der Waals surface area (Å²) in [7, 11) is -0.585. The Hall–Kier alpha value is -1.83. The molecule has 1 atom stereocenters. The van der Waals surface area contributed by atoms with Crippen LogP contribution in [0.25, 0.3) is 0 Å². The van der Waals surface area contributed by atoms with Crippen molar-refractivity contribution in [1.82, 2.24) is 4.31 Å². The summed E-state index contributed by atoms with van der Waals surface area (Å²) in [5, 5.41) is 2.48. The first-order valence-corrected chi connectivity index (χ1v) is 10.1. The molecular weight excluding hydrogens is 356 g/mol. The van der Waals surface area contributed by atoms with E-state index in [9.17, 15) is 13.2 Å². The van der Waals surface area contributed by atoms with Crippen molar-refractivity contribution < 1.29 is 13.2 Å². The van der Waals surface area contributed by atoms with Crippen LogP contribution in [0.2, 0.25) is 0 Å². The molecule has 0 aliphatic heterocycles. The van der Waals surface area contributed by atoms with E-state index in [4.69, 9.17) is 0 Å². The fourth-order valence-corrected chi connectivity index (χ4v) is 4.03. The number of hydrogen-bond acceptors (Lipinski definition) is 4. The zero-order chi connectivity index (χ0) is 18.6. The quantitative estimate of drug-likeness (QED) is 0.783. The van der Waals surface area contributed by atoms with Gasteiger partial charge in [0.2, 0.25) is 15.9 Å². The Morgan fingerprint density at radius 2 is 1.80 bits per heavy atom. The molecule has 7 heteroatoms. The summed E-state index contributed by atoms with van der Waals surface area (Å²) in [6.07, 6.45) is 0. The molecule has 0 aromatic heterocycles. The summed E-state index contributed by atoms with van der Waals surface area (Å²) >= 11 is 1.47. The third-order valence-corrected chi connectivity index (χ3v) is 6.74. The van der Waals surface area contributed by atoms with Crippen LogP contribution in [-0.4, -0.2) is 38.0 Å². The van der Waals surface area contributed by atoms with Crippen molar-refractivity contribution in [2.24, 2.45) is 0 Å². The summed E-state index contributed by atoms with van der Waals surface area (Å²) in [5.41, 5.74) is 1.58. The Labute approximate surface area is 153 Å². The van der Waals surface area contributed by atoms with E-state index in [2.05, 4.69) is 5.32 Å². The molecule has 0 fully saturated rings. The molecule has 0 saturated heterocycles. The number of thioether (sulfide) groups is 1. The first-order chi connectivity index (χ1) is 11.7. The molecule has 1 N–H and O–H groups in total. The molecule has 25 heavy (non-hydrogen) atoms. The highest BCUT2D eigenvalue weighted by molar-refractivity contribution is 8.00. The summed E-state index contributed by atoms with van der Waals surface area (Å²) in [5.74, 6) is -0.173. The molecule has 1 unspecified atom stereocenters. The minimum Gasteiger partial charge on any atom is -0.325 e. The van der Waals surface area contributed by atoms with Crippen molar-refractivity contribution >= 4 is 33.4 Å². The van der Waals surface area contributed by atoms with E-state index in [0.717, 1.165) is 14.8 Å². The highest BCUT2D eigenvalue weighted by Gasteiger charge is 2.19. The Kier molecular flexibility index (Phi) is 6.26. The second kappa shape index (κ2) is 8.03. The lowest BCUT2D eigenvalue weighted by Gasteiger charge is -2.15.